The number of thioether (sulfide) groups is 1. The number of nitrogens with one attached hydrogen (secondary N) is 1. The molecule has 1 N–H and O–H groups in total. The minimum Gasteiger partial charge on any atom is -0.411 e. The average Bonchev–Trinajstić information content (AvgIpc) is 3.43. The Kier molecular flexibility index (Phi) is 6.21. The molecule has 0 bridgehead atoms. The van der Waals surface area contributed by atoms with Gasteiger partial charge in [0.1, 0.15) is 0 Å². The van der Waals surface area contributed by atoms with Crippen LogP contribution in [-0.4, -0.2) is 28.4 Å². The number of hydrogen-bond acceptors (Lipinski definition) is 5. The molecule has 5 nitrogen and oxygen atoms in total. The molecule has 1 aliphatic rings. The third-order valence-electron chi connectivity index (χ3n) is 5.40. The fraction of sp³-hybridized carbons (Fsp3) is 0.318. The van der Waals surface area contributed by atoms with Crippen molar-refractivity contribution in [3.8, 4) is 11.5 Å². The van der Waals surface area contributed by atoms with Crippen molar-refractivity contribution in [3.05, 3.63) is 65.2 Å². The van der Waals surface area contributed by atoms with Gasteiger partial charge in [-0.2, -0.15) is 0 Å². The standard InChI is InChI=1S/C22H22ClN3O2S/c23-18-10-8-16(9-11-18)20-25-26-21(28-20)29-14-19(27)24-15-22(12-4-5-13-22)17-6-2-1-3-7-17/h1-3,6-11H,4-5,12-15H2,(H,24,27). The zero-order chi connectivity index (χ0) is 20.1. The lowest BCUT2D eigenvalue weighted by Crippen LogP contribution is -2.39. The van der Waals surface area contributed by atoms with Crippen LogP contribution < -0.4 is 5.32 Å². The molecule has 150 valence electrons. The van der Waals surface area contributed by atoms with Crippen LogP contribution in [0.15, 0.2) is 64.2 Å². The molecule has 2 aromatic carbocycles. The van der Waals surface area contributed by atoms with E-state index in [1.807, 2.05) is 18.2 Å². The Labute approximate surface area is 179 Å². The summed E-state index contributed by atoms with van der Waals surface area (Å²) in [6, 6.07) is 17.7. The molecule has 7 heteroatoms. The number of amides is 1. The third-order valence-corrected chi connectivity index (χ3v) is 6.47. The molecular weight excluding hydrogens is 406 g/mol. The highest BCUT2D eigenvalue weighted by molar-refractivity contribution is 7.99. The van der Waals surface area contributed by atoms with Crippen molar-refractivity contribution in [1.29, 1.82) is 0 Å². The zero-order valence-electron chi connectivity index (χ0n) is 15.9. The SMILES string of the molecule is O=C(CSc1nnc(-c2ccc(Cl)cc2)o1)NCC1(c2ccccc2)CCCC1. The summed E-state index contributed by atoms with van der Waals surface area (Å²) >= 11 is 7.15. The first kappa shape index (κ1) is 20.0. The second-order valence-electron chi connectivity index (χ2n) is 7.30. The van der Waals surface area contributed by atoms with Gasteiger partial charge in [-0.1, -0.05) is 66.5 Å². The maximum absolute atomic E-state index is 12.4. The average molecular weight is 428 g/mol. The topological polar surface area (TPSA) is 68.0 Å². The van der Waals surface area contributed by atoms with Gasteiger partial charge >= 0.3 is 0 Å². The molecule has 1 amide bonds. The van der Waals surface area contributed by atoms with E-state index < -0.39 is 0 Å². The van der Waals surface area contributed by atoms with E-state index in [1.54, 1.807) is 12.1 Å². The number of carbonyl (C=O) groups is 1. The van der Waals surface area contributed by atoms with Crippen molar-refractivity contribution >= 4 is 29.3 Å². The van der Waals surface area contributed by atoms with Gasteiger partial charge in [-0.3, -0.25) is 4.79 Å². The van der Waals surface area contributed by atoms with E-state index in [0.29, 0.717) is 22.7 Å². The molecule has 1 fully saturated rings. The Morgan fingerprint density at radius 3 is 2.52 bits per heavy atom. The Bertz CT molecular complexity index is 954. The van der Waals surface area contributed by atoms with Crippen LogP contribution in [0.5, 0.6) is 0 Å². The van der Waals surface area contributed by atoms with Crippen LogP contribution in [-0.2, 0) is 10.2 Å². The van der Waals surface area contributed by atoms with Crippen molar-refractivity contribution < 1.29 is 9.21 Å². The first-order valence-corrected chi connectivity index (χ1v) is 11.1. The monoisotopic (exact) mass is 427 g/mol. The second-order valence-corrected chi connectivity index (χ2v) is 8.66. The molecule has 0 radical (unpaired) electrons. The normalized spacial score (nSPS) is 15.3. The van der Waals surface area contributed by atoms with Gasteiger partial charge in [0, 0.05) is 22.5 Å². The number of halogens is 1. The minimum absolute atomic E-state index is 0.0246. The molecular formula is C22H22ClN3O2S. The fourth-order valence-corrected chi connectivity index (χ4v) is 4.55. The van der Waals surface area contributed by atoms with Crippen molar-refractivity contribution in [2.24, 2.45) is 0 Å². The van der Waals surface area contributed by atoms with Gasteiger partial charge in [-0.25, -0.2) is 0 Å². The summed E-state index contributed by atoms with van der Waals surface area (Å²) in [6.45, 7) is 0.663. The first-order chi connectivity index (χ1) is 14.1. The summed E-state index contributed by atoms with van der Waals surface area (Å²) in [5.41, 5.74) is 2.16. The predicted octanol–water partition coefficient (Wildman–Crippen LogP) is 5.11. The van der Waals surface area contributed by atoms with E-state index in [2.05, 4.69) is 39.8 Å². The van der Waals surface area contributed by atoms with Crippen LogP contribution in [0.1, 0.15) is 31.2 Å². The van der Waals surface area contributed by atoms with Crippen LogP contribution >= 0.6 is 23.4 Å². The van der Waals surface area contributed by atoms with E-state index in [0.717, 1.165) is 18.4 Å². The van der Waals surface area contributed by atoms with Crippen LogP contribution in [0, 0.1) is 0 Å². The van der Waals surface area contributed by atoms with Gasteiger partial charge in [0.2, 0.25) is 11.8 Å². The number of carbonyl (C=O) groups excluding carboxylic acids is 1. The number of nitrogens with zero attached hydrogens (tertiary/aromatic N) is 2. The van der Waals surface area contributed by atoms with Gasteiger partial charge < -0.3 is 9.73 Å². The van der Waals surface area contributed by atoms with E-state index in [1.165, 1.54) is 30.2 Å². The Morgan fingerprint density at radius 1 is 1.07 bits per heavy atom. The Balaban J connectivity index is 1.32. The predicted molar refractivity (Wildman–Crippen MR) is 115 cm³/mol. The van der Waals surface area contributed by atoms with E-state index in [4.69, 9.17) is 16.0 Å². The molecule has 0 aliphatic heterocycles. The lowest BCUT2D eigenvalue weighted by atomic mass is 9.79. The van der Waals surface area contributed by atoms with Crippen molar-refractivity contribution in [2.75, 3.05) is 12.3 Å². The van der Waals surface area contributed by atoms with Gasteiger partial charge in [0.05, 0.1) is 5.75 Å². The lowest BCUT2D eigenvalue weighted by Gasteiger charge is -2.30. The number of benzene rings is 2. The summed E-state index contributed by atoms with van der Waals surface area (Å²) in [5.74, 6) is 0.634. The molecule has 0 spiro atoms. The minimum atomic E-state index is -0.0246. The molecule has 1 heterocycles. The number of hydrogen-bond donors (Lipinski definition) is 1. The highest BCUT2D eigenvalue weighted by Crippen LogP contribution is 2.40. The van der Waals surface area contributed by atoms with Crippen LogP contribution in [0.4, 0.5) is 0 Å². The maximum atomic E-state index is 12.4. The van der Waals surface area contributed by atoms with E-state index in [-0.39, 0.29) is 17.1 Å². The highest BCUT2D eigenvalue weighted by Gasteiger charge is 2.35. The molecule has 0 saturated heterocycles. The molecule has 3 aromatic rings. The second kappa shape index (κ2) is 9.01. The summed E-state index contributed by atoms with van der Waals surface area (Å²) in [5, 5.41) is 12.2. The quantitative estimate of drug-likeness (QED) is 0.530. The maximum Gasteiger partial charge on any atom is 0.277 e. The van der Waals surface area contributed by atoms with Gasteiger partial charge in [0.15, 0.2) is 0 Å². The Hall–Kier alpha value is -2.31. The van der Waals surface area contributed by atoms with Crippen LogP contribution in [0.2, 0.25) is 5.02 Å². The van der Waals surface area contributed by atoms with Crippen molar-refractivity contribution in [3.63, 3.8) is 0 Å². The largest absolute Gasteiger partial charge is 0.411 e. The van der Waals surface area contributed by atoms with Crippen molar-refractivity contribution in [1.82, 2.24) is 15.5 Å². The summed E-state index contributed by atoms with van der Waals surface area (Å²) in [7, 11) is 0. The summed E-state index contributed by atoms with van der Waals surface area (Å²) in [4.78, 5) is 12.4. The molecule has 4 rings (SSSR count). The molecule has 1 saturated carbocycles. The fourth-order valence-electron chi connectivity index (χ4n) is 3.83. The number of rotatable bonds is 7. The van der Waals surface area contributed by atoms with Gasteiger partial charge in [0.25, 0.3) is 5.22 Å². The van der Waals surface area contributed by atoms with Gasteiger partial charge in [-0.05, 0) is 42.7 Å². The van der Waals surface area contributed by atoms with Crippen molar-refractivity contribution in [2.45, 2.75) is 36.3 Å². The first-order valence-electron chi connectivity index (χ1n) is 9.69. The number of aromatic nitrogens is 2. The highest BCUT2D eigenvalue weighted by atomic mass is 35.5. The molecule has 1 aromatic heterocycles. The van der Waals surface area contributed by atoms with Crippen LogP contribution in [0.25, 0.3) is 11.5 Å². The van der Waals surface area contributed by atoms with E-state index >= 15 is 0 Å². The van der Waals surface area contributed by atoms with Crippen LogP contribution in [0.3, 0.4) is 0 Å². The van der Waals surface area contributed by atoms with Gasteiger partial charge in [-0.15, -0.1) is 10.2 Å². The lowest BCUT2D eigenvalue weighted by molar-refractivity contribution is -0.118. The smallest absolute Gasteiger partial charge is 0.277 e. The summed E-state index contributed by atoms with van der Waals surface area (Å²) in [6.07, 6.45) is 4.63. The third kappa shape index (κ3) is 4.82. The molecule has 0 unspecified atom stereocenters. The summed E-state index contributed by atoms with van der Waals surface area (Å²) < 4.78 is 5.64. The Morgan fingerprint density at radius 2 is 1.79 bits per heavy atom. The zero-order valence-corrected chi connectivity index (χ0v) is 17.5. The molecule has 0 atom stereocenters. The molecule has 1 aliphatic carbocycles. The van der Waals surface area contributed by atoms with E-state index in [9.17, 15) is 4.79 Å². The molecule has 29 heavy (non-hydrogen) atoms.